The molecule has 0 heterocycles. The smallest absolute Gasteiger partial charge is 0.341 e. The van der Waals surface area contributed by atoms with Gasteiger partial charge in [-0.25, -0.2) is 4.79 Å². The number of ether oxygens (including phenoxy) is 2. The number of esters is 1. The fourth-order valence-electron chi connectivity index (χ4n) is 1.10. The molecule has 0 spiro atoms. The maximum atomic E-state index is 11.2. The third-order valence-electron chi connectivity index (χ3n) is 1.70. The standard InChI is InChI=1S/C9H10O4/c1-12-8-6(9(11)13-2)4-3-5-7(8)10/h3-4H,5H2,1-2H3. The van der Waals surface area contributed by atoms with Crippen molar-refractivity contribution in [1.82, 2.24) is 0 Å². The molecule has 0 aromatic rings. The summed E-state index contributed by atoms with van der Waals surface area (Å²) in [6.45, 7) is 0. The van der Waals surface area contributed by atoms with Crippen LogP contribution in [0.15, 0.2) is 23.5 Å². The molecule has 1 rings (SSSR count). The van der Waals surface area contributed by atoms with Crippen LogP contribution in [0.5, 0.6) is 0 Å². The number of Topliss-reactive ketones (excluding diaryl/α,β-unsaturated/α-hetero) is 1. The van der Waals surface area contributed by atoms with Gasteiger partial charge in [-0.3, -0.25) is 4.79 Å². The third kappa shape index (κ3) is 1.77. The molecule has 0 saturated heterocycles. The van der Waals surface area contributed by atoms with Gasteiger partial charge in [0.25, 0.3) is 0 Å². The van der Waals surface area contributed by atoms with E-state index in [9.17, 15) is 9.59 Å². The normalized spacial score (nSPS) is 16.0. The summed E-state index contributed by atoms with van der Waals surface area (Å²) in [6, 6.07) is 0. The molecular weight excluding hydrogens is 172 g/mol. The highest BCUT2D eigenvalue weighted by molar-refractivity contribution is 6.06. The van der Waals surface area contributed by atoms with E-state index in [1.165, 1.54) is 20.3 Å². The van der Waals surface area contributed by atoms with E-state index in [-0.39, 0.29) is 23.5 Å². The second-order valence-electron chi connectivity index (χ2n) is 2.47. The van der Waals surface area contributed by atoms with Gasteiger partial charge in [0, 0.05) is 6.42 Å². The first-order valence-electron chi connectivity index (χ1n) is 3.77. The molecule has 0 atom stereocenters. The van der Waals surface area contributed by atoms with Gasteiger partial charge < -0.3 is 9.47 Å². The van der Waals surface area contributed by atoms with Gasteiger partial charge in [0.15, 0.2) is 5.76 Å². The van der Waals surface area contributed by atoms with Crippen LogP contribution < -0.4 is 0 Å². The summed E-state index contributed by atoms with van der Waals surface area (Å²) in [6.07, 6.45) is 3.41. The lowest BCUT2D eigenvalue weighted by Crippen LogP contribution is -2.16. The Labute approximate surface area is 75.8 Å². The van der Waals surface area contributed by atoms with Gasteiger partial charge >= 0.3 is 5.97 Å². The van der Waals surface area contributed by atoms with Crippen molar-refractivity contribution in [2.75, 3.05) is 14.2 Å². The summed E-state index contributed by atoms with van der Waals surface area (Å²) in [4.78, 5) is 22.3. The second-order valence-corrected chi connectivity index (χ2v) is 2.47. The fraction of sp³-hybridized carbons (Fsp3) is 0.333. The minimum absolute atomic E-state index is 0.0781. The van der Waals surface area contributed by atoms with Crippen molar-refractivity contribution in [2.45, 2.75) is 6.42 Å². The highest BCUT2D eigenvalue weighted by Crippen LogP contribution is 2.17. The molecule has 0 aliphatic heterocycles. The van der Waals surface area contributed by atoms with Crippen molar-refractivity contribution in [2.24, 2.45) is 0 Å². The van der Waals surface area contributed by atoms with Crippen molar-refractivity contribution >= 4 is 11.8 Å². The number of methoxy groups -OCH3 is 2. The Bertz CT molecular complexity index is 299. The summed E-state index contributed by atoms with van der Waals surface area (Å²) >= 11 is 0. The zero-order valence-electron chi connectivity index (χ0n) is 7.49. The molecule has 0 N–H and O–H groups in total. The van der Waals surface area contributed by atoms with Crippen LogP contribution in [0.2, 0.25) is 0 Å². The van der Waals surface area contributed by atoms with Crippen LogP contribution >= 0.6 is 0 Å². The first-order chi connectivity index (χ1) is 6.20. The lowest BCUT2D eigenvalue weighted by molar-refractivity contribution is -0.136. The number of ketones is 1. The number of allylic oxidation sites excluding steroid dienone is 2. The van der Waals surface area contributed by atoms with E-state index in [0.29, 0.717) is 0 Å². The van der Waals surface area contributed by atoms with Crippen LogP contribution in [-0.2, 0) is 19.1 Å². The van der Waals surface area contributed by atoms with Crippen molar-refractivity contribution in [3.63, 3.8) is 0 Å². The highest BCUT2D eigenvalue weighted by atomic mass is 16.5. The molecule has 0 bridgehead atoms. The summed E-state index contributed by atoms with van der Waals surface area (Å²) in [5.41, 5.74) is 0.182. The van der Waals surface area contributed by atoms with Gasteiger partial charge in [-0.1, -0.05) is 6.08 Å². The molecule has 4 heteroatoms. The zero-order valence-corrected chi connectivity index (χ0v) is 7.49. The number of rotatable bonds is 2. The number of hydrogen-bond acceptors (Lipinski definition) is 4. The van der Waals surface area contributed by atoms with Crippen LogP contribution in [0.25, 0.3) is 0 Å². The molecule has 1 aliphatic rings. The van der Waals surface area contributed by atoms with Crippen LogP contribution in [0, 0.1) is 0 Å². The van der Waals surface area contributed by atoms with Gasteiger partial charge in [0.05, 0.1) is 14.2 Å². The third-order valence-corrected chi connectivity index (χ3v) is 1.70. The monoisotopic (exact) mass is 182 g/mol. The first-order valence-corrected chi connectivity index (χ1v) is 3.77. The molecule has 0 radical (unpaired) electrons. The Balaban J connectivity index is 3.07. The van der Waals surface area contributed by atoms with Crippen molar-refractivity contribution in [1.29, 1.82) is 0 Å². The Morgan fingerprint density at radius 1 is 1.46 bits per heavy atom. The molecule has 4 nitrogen and oxygen atoms in total. The van der Waals surface area contributed by atoms with Gasteiger partial charge in [-0.05, 0) is 6.08 Å². The highest BCUT2D eigenvalue weighted by Gasteiger charge is 2.22. The quantitative estimate of drug-likeness (QED) is 0.586. The number of carbonyl (C=O) groups is 2. The topological polar surface area (TPSA) is 52.6 Å². The molecule has 0 fully saturated rings. The van der Waals surface area contributed by atoms with Gasteiger partial charge in [0.2, 0.25) is 5.78 Å². The molecule has 13 heavy (non-hydrogen) atoms. The number of carbonyl (C=O) groups excluding carboxylic acids is 2. The molecule has 0 unspecified atom stereocenters. The summed E-state index contributed by atoms with van der Waals surface area (Å²) in [7, 11) is 2.62. The van der Waals surface area contributed by atoms with E-state index in [1.54, 1.807) is 6.08 Å². The van der Waals surface area contributed by atoms with E-state index < -0.39 is 5.97 Å². The Kier molecular flexibility index (Phi) is 2.84. The van der Waals surface area contributed by atoms with Crippen LogP contribution in [0.4, 0.5) is 0 Å². The SMILES string of the molecule is COC(=O)C1=C(OC)C(=O)CC=C1. The maximum absolute atomic E-state index is 11.2. The van der Waals surface area contributed by atoms with Gasteiger partial charge in [0.1, 0.15) is 5.57 Å². The van der Waals surface area contributed by atoms with E-state index in [1.807, 2.05) is 0 Å². The summed E-state index contributed by atoms with van der Waals surface area (Å²) in [5.74, 6) is -0.680. The Morgan fingerprint density at radius 3 is 2.69 bits per heavy atom. The van der Waals surface area contributed by atoms with Crippen molar-refractivity contribution in [3.05, 3.63) is 23.5 Å². The maximum Gasteiger partial charge on any atom is 0.341 e. The van der Waals surface area contributed by atoms with Gasteiger partial charge in [-0.15, -0.1) is 0 Å². The van der Waals surface area contributed by atoms with E-state index in [0.717, 1.165) is 0 Å². The average molecular weight is 182 g/mol. The van der Waals surface area contributed by atoms with Gasteiger partial charge in [-0.2, -0.15) is 0 Å². The molecule has 0 saturated carbocycles. The van der Waals surface area contributed by atoms with Crippen LogP contribution in [-0.4, -0.2) is 26.0 Å². The molecule has 0 aromatic carbocycles. The predicted octanol–water partition coefficient (Wildman–Crippen LogP) is 0.589. The van der Waals surface area contributed by atoms with Crippen LogP contribution in [0.3, 0.4) is 0 Å². The zero-order chi connectivity index (χ0) is 9.84. The Hall–Kier alpha value is -1.58. The fourth-order valence-corrected chi connectivity index (χ4v) is 1.10. The van der Waals surface area contributed by atoms with E-state index >= 15 is 0 Å². The predicted molar refractivity (Wildman–Crippen MR) is 44.8 cm³/mol. The lowest BCUT2D eigenvalue weighted by Gasteiger charge is -2.11. The molecule has 0 amide bonds. The van der Waals surface area contributed by atoms with Crippen molar-refractivity contribution < 1.29 is 19.1 Å². The molecule has 70 valence electrons. The Morgan fingerprint density at radius 2 is 2.15 bits per heavy atom. The van der Waals surface area contributed by atoms with Crippen LogP contribution in [0.1, 0.15) is 6.42 Å². The van der Waals surface area contributed by atoms with E-state index in [4.69, 9.17) is 4.74 Å². The lowest BCUT2D eigenvalue weighted by atomic mass is 10.0. The largest absolute Gasteiger partial charge is 0.492 e. The molecular formula is C9H10O4. The summed E-state index contributed by atoms with van der Waals surface area (Å²) in [5, 5.41) is 0. The molecule has 0 aromatic heterocycles. The first kappa shape index (κ1) is 9.51. The minimum atomic E-state index is -0.554. The van der Waals surface area contributed by atoms with Crippen molar-refractivity contribution in [3.8, 4) is 0 Å². The molecule has 1 aliphatic carbocycles. The van der Waals surface area contributed by atoms with E-state index in [2.05, 4.69) is 4.74 Å². The minimum Gasteiger partial charge on any atom is -0.492 e. The summed E-state index contributed by atoms with van der Waals surface area (Å²) < 4.78 is 9.31. The number of hydrogen-bond donors (Lipinski definition) is 0. The average Bonchev–Trinajstić information content (AvgIpc) is 2.16. The second kappa shape index (κ2) is 3.89.